The van der Waals surface area contributed by atoms with Gasteiger partial charge in [0.25, 0.3) is 0 Å². The number of anilines is 1. The van der Waals surface area contributed by atoms with Crippen LogP contribution >= 0.6 is 0 Å². The highest BCUT2D eigenvalue weighted by molar-refractivity contribution is 5.92. The molecule has 1 aromatic carbocycles. The van der Waals surface area contributed by atoms with Gasteiger partial charge in [0.05, 0.1) is 5.56 Å². The van der Waals surface area contributed by atoms with Gasteiger partial charge in [0.1, 0.15) is 0 Å². The van der Waals surface area contributed by atoms with Crippen LogP contribution < -0.4 is 5.32 Å². The molecule has 5 heteroatoms. The summed E-state index contributed by atoms with van der Waals surface area (Å²) in [7, 11) is 0. The Hall–Kier alpha value is -1.52. The summed E-state index contributed by atoms with van der Waals surface area (Å²) in [5, 5.41) is 2.62. The molecule has 100 valence electrons. The first-order chi connectivity index (χ1) is 8.38. The van der Waals surface area contributed by atoms with E-state index in [-0.39, 0.29) is 11.8 Å². The third-order valence-electron chi connectivity index (χ3n) is 2.84. The van der Waals surface area contributed by atoms with Gasteiger partial charge in [0.15, 0.2) is 0 Å². The lowest BCUT2D eigenvalue weighted by molar-refractivity contribution is -0.137. The van der Waals surface area contributed by atoms with E-state index in [0.717, 1.165) is 12.1 Å². The topological polar surface area (TPSA) is 29.1 Å². The monoisotopic (exact) mass is 259 g/mol. The van der Waals surface area contributed by atoms with Gasteiger partial charge in [-0.1, -0.05) is 13.8 Å². The third kappa shape index (κ3) is 3.75. The van der Waals surface area contributed by atoms with Crippen LogP contribution in [0, 0.1) is 5.92 Å². The molecule has 18 heavy (non-hydrogen) atoms. The zero-order valence-electron chi connectivity index (χ0n) is 10.3. The van der Waals surface area contributed by atoms with Crippen molar-refractivity contribution >= 4 is 11.6 Å². The first-order valence-electron chi connectivity index (χ1n) is 5.86. The molecule has 0 unspecified atom stereocenters. The predicted molar refractivity (Wildman–Crippen MR) is 64.1 cm³/mol. The van der Waals surface area contributed by atoms with Crippen molar-refractivity contribution < 1.29 is 18.0 Å². The van der Waals surface area contributed by atoms with Crippen molar-refractivity contribution in [3.8, 4) is 0 Å². The van der Waals surface area contributed by atoms with Crippen LogP contribution in [-0.4, -0.2) is 5.91 Å². The van der Waals surface area contributed by atoms with Gasteiger partial charge in [-0.05, 0) is 37.1 Å². The van der Waals surface area contributed by atoms with Crippen molar-refractivity contribution in [2.75, 3.05) is 5.32 Å². The van der Waals surface area contributed by atoms with E-state index in [1.54, 1.807) is 0 Å². The minimum atomic E-state index is -4.35. The van der Waals surface area contributed by atoms with Crippen LogP contribution in [0.5, 0.6) is 0 Å². The van der Waals surface area contributed by atoms with Crippen LogP contribution in [-0.2, 0) is 11.0 Å². The minimum Gasteiger partial charge on any atom is -0.326 e. The largest absolute Gasteiger partial charge is 0.416 e. The van der Waals surface area contributed by atoms with Crippen LogP contribution in [0.3, 0.4) is 0 Å². The number of hydrogen-bond donors (Lipinski definition) is 1. The zero-order chi connectivity index (χ0) is 13.8. The van der Waals surface area contributed by atoms with Crippen LogP contribution in [0.15, 0.2) is 24.3 Å². The van der Waals surface area contributed by atoms with E-state index in [4.69, 9.17) is 0 Å². The lowest BCUT2D eigenvalue weighted by atomic mass is 10.0. The molecule has 0 spiro atoms. The molecule has 0 saturated carbocycles. The molecule has 0 bridgehead atoms. The number of hydrogen-bond acceptors (Lipinski definition) is 1. The van der Waals surface area contributed by atoms with Crippen molar-refractivity contribution in [2.24, 2.45) is 5.92 Å². The van der Waals surface area contributed by atoms with E-state index in [1.807, 2.05) is 13.8 Å². The van der Waals surface area contributed by atoms with E-state index in [2.05, 4.69) is 5.32 Å². The average Bonchev–Trinajstić information content (AvgIpc) is 2.30. The second-order valence-corrected chi connectivity index (χ2v) is 4.08. The first kappa shape index (κ1) is 14.5. The SMILES string of the molecule is CCC(CC)C(=O)Nc1ccc(C(F)(F)F)cc1. The number of amides is 1. The van der Waals surface area contributed by atoms with Gasteiger partial charge < -0.3 is 5.32 Å². The van der Waals surface area contributed by atoms with Gasteiger partial charge >= 0.3 is 6.18 Å². The van der Waals surface area contributed by atoms with Crippen molar-refractivity contribution in [3.63, 3.8) is 0 Å². The van der Waals surface area contributed by atoms with E-state index in [0.29, 0.717) is 18.5 Å². The van der Waals surface area contributed by atoms with Crippen molar-refractivity contribution in [1.82, 2.24) is 0 Å². The number of rotatable bonds is 4. The molecule has 0 aliphatic carbocycles. The summed E-state index contributed by atoms with van der Waals surface area (Å²) < 4.78 is 37.0. The lowest BCUT2D eigenvalue weighted by Gasteiger charge is -2.13. The van der Waals surface area contributed by atoms with E-state index >= 15 is 0 Å². The highest BCUT2D eigenvalue weighted by Crippen LogP contribution is 2.29. The molecule has 1 amide bonds. The van der Waals surface area contributed by atoms with Crippen LogP contribution in [0.1, 0.15) is 32.3 Å². The highest BCUT2D eigenvalue weighted by atomic mass is 19.4. The van der Waals surface area contributed by atoms with E-state index in [9.17, 15) is 18.0 Å². The zero-order valence-corrected chi connectivity index (χ0v) is 10.3. The molecule has 2 nitrogen and oxygen atoms in total. The normalized spacial score (nSPS) is 11.7. The molecule has 0 saturated heterocycles. The van der Waals surface area contributed by atoms with Gasteiger partial charge in [-0.15, -0.1) is 0 Å². The van der Waals surface area contributed by atoms with Crippen molar-refractivity contribution in [3.05, 3.63) is 29.8 Å². The second-order valence-electron chi connectivity index (χ2n) is 4.08. The maximum Gasteiger partial charge on any atom is 0.416 e. The highest BCUT2D eigenvalue weighted by Gasteiger charge is 2.30. The number of carbonyl (C=O) groups excluding carboxylic acids is 1. The quantitative estimate of drug-likeness (QED) is 0.867. The molecule has 0 heterocycles. The summed E-state index contributed by atoms with van der Waals surface area (Å²) in [6, 6.07) is 4.46. The number of carbonyl (C=O) groups is 1. The van der Waals surface area contributed by atoms with E-state index in [1.165, 1.54) is 12.1 Å². The standard InChI is InChI=1S/C13H16F3NO/c1-3-9(4-2)12(18)17-11-7-5-10(6-8-11)13(14,15)16/h5-9H,3-4H2,1-2H3,(H,17,18). The third-order valence-corrected chi connectivity index (χ3v) is 2.84. The van der Waals surface area contributed by atoms with Crippen molar-refractivity contribution in [1.29, 1.82) is 0 Å². The fourth-order valence-corrected chi connectivity index (χ4v) is 1.65. The molecule has 0 aliphatic rings. The average molecular weight is 259 g/mol. The summed E-state index contributed by atoms with van der Waals surface area (Å²) in [4.78, 5) is 11.7. The Morgan fingerprint density at radius 2 is 1.67 bits per heavy atom. The summed E-state index contributed by atoms with van der Waals surface area (Å²) >= 11 is 0. The molecule has 1 N–H and O–H groups in total. The number of alkyl halides is 3. The molecule has 1 rings (SSSR count). The summed E-state index contributed by atoms with van der Waals surface area (Å²) in [6.07, 6.45) is -2.93. The van der Waals surface area contributed by atoms with Gasteiger partial charge in [-0.3, -0.25) is 4.79 Å². The minimum absolute atomic E-state index is 0.104. The van der Waals surface area contributed by atoms with Crippen LogP contribution in [0.2, 0.25) is 0 Å². The van der Waals surface area contributed by atoms with Crippen molar-refractivity contribution in [2.45, 2.75) is 32.9 Å². The smallest absolute Gasteiger partial charge is 0.326 e. The Kier molecular flexibility index (Phi) is 4.76. The van der Waals surface area contributed by atoms with Gasteiger partial charge in [-0.2, -0.15) is 13.2 Å². The van der Waals surface area contributed by atoms with Crippen LogP contribution in [0.25, 0.3) is 0 Å². The molecule has 0 aromatic heterocycles. The summed E-state index contributed by atoms with van der Waals surface area (Å²) in [6.45, 7) is 3.81. The molecular formula is C13H16F3NO. The van der Waals surface area contributed by atoms with Gasteiger partial charge in [0.2, 0.25) is 5.91 Å². The van der Waals surface area contributed by atoms with Gasteiger partial charge in [0, 0.05) is 11.6 Å². The molecule has 0 aliphatic heterocycles. The molecule has 0 radical (unpaired) electrons. The fourth-order valence-electron chi connectivity index (χ4n) is 1.65. The summed E-state index contributed by atoms with van der Waals surface area (Å²) in [5.74, 6) is -0.257. The fraction of sp³-hybridized carbons (Fsp3) is 0.462. The molecule has 1 aromatic rings. The molecule has 0 fully saturated rings. The van der Waals surface area contributed by atoms with Gasteiger partial charge in [-0.25, -0.2) is 0 Å². The Labute approximate surface area is 104 Å². The van der Waals surface area contributed by atoms with E-state index < -0.39 is 11.7 Å². The Morgan fingerprint density at radius 1 is 1.17 bits per heavy atom. The number of benzene rings is 1. The number of nitrogens with one attached hydrogen (secondary N) is 1. The molecule has 0 atom stereocenters. The first-order valence-corrected chi connectivity index (χ1v) is 5.86. The summed E-state index contributed by atoms with van der Waals surface area (Å²) in [5.41, 5.74) is -0.331. The Morgan fingerprint density at radius 3 is 2.06 bits per heavy atom. The predicted octanol–water partition coefficient (Wildman–Crippen LogP) is 4.08. The van der Waals surface area contributed by atoms with Crippen LogP contribution in [0.4, 0.5) is 18.9 Å². The maximum atomic E-state index is 12.3. The Bertz CT molecular complexity index is 394. The number of halogens is 3. The lowest BCUT2D eigenvalue weighted by Crippen LogP contribution is -2.21. The Balaban J connectivity index is 2.72. The molecular weight excluding hydrogens is 243 g/mol. The second kappa shape index (κ2) is 5.89. The maximum absolute atomic E-state index is 12.3.